The normalized spacial score (nSPS) is 22.7. The number of nitrogens with one attached hydrogen (secondary N) is 2. The Morgan fingerprint density at radius 3 is 2.50 bits per heavy atom. The number of piperidine rings is 1. The van der Waals surface area contributed by atoms with Crippen LogP contribution in [0, 0.1) is 10.1 Å². The van der Waals surface area contributed by atoms with E-state index in [1.807, 2.05) is 0 Å². The van der Waals surface area contributed by atoms with Crippen molar-refractivity contribution in [2.24, 2.45) is 0 Å². The molecule has 0 spiro atoms. The molecule has 8 heteroatoms. The Balaban J connectivity index is 2.21. The van der Waals surface area contributed by atoms with Crippen LogP contribution in [0.5, 0.6) is 0 Å². The minimum Gasteiger partial charge on any atom is -0.316 e. The molecule has 1 aromatic carbocycles. The first-order valence-electron chi connectivity index (χ1n) is 7.27. The van der Waals surface area contributed by atoms with E-state index < -0.39 is 20.2 Å². The van der Waals surface area contributed by atoms with Gasteiger partial charge in [-0.05, 0) is 32.4 Å². The van der Waals surface area contributed by atoms with Crippen molar-refractivity contribution in [1.29, 1.82) is 0 Å². The first-order chi connectivity index (χ1) is 10.3. The van der Waals surface area contributed by atoms with Gasteiger partial charge in [-0.2, -0.15) is 0 Å². The van der Waals surface area contributed by atoms with E-state index in [9.17, 15) is 18.5 Å². The van der Waals surface area contributed by atoms with Gasteiger partial charge in [0.25, 0.3) is 5.69 Å². The second-order valence-corrected chi connectivity index (χ2v) is 8.03. The molecular formula is C14H21N3O4S. The summed E-state index contributed by atoms with van der Waals surface area (Å²) in [6.45, 7) is 4.67. The molecule has 22 heavy (non-hydrogen) atoms. The van der Waals surface area contributed by atoms with Crippen LogP contribution in [-0.4, -0.2) is 37.7 Å². The fraction of sp³-hybridized carbons (Fsp3) is 0.571. The Bertz CT molecular complexity index is 628. The quantitative estimate of drug-likeness (QED) is 0.628. The SMILES string of the molecule is CC(C)S(=O)(=O)N[C@H]1CCNC[C@@H]1c1ccc([N+](=O)[O-])cc1. The number of benzene rings is 1. The highest BCUT2D eigenvalue weighted by Gasteiger charge is 2.31. The van der Waals surface area contributed by atoms with Crippen LogP contribution < -0.4 is 10.0 Å². The van der Waals surface area contributed by atoms with Crippen molar-refractivity contribution in [3.05, 3.63) is 39.9 Å². The van der Waals surface area contributed by atoms with Crippen LogP contribution in [0.25, 0.3) is 0 Å². The van der Waals surface area contributed by atoms with Gasteiger partial charge in [0.05, 0.1) is 10.2 Å². The van der Waals surface area contributed by atoms with Gasteiger partial charge in [-0.25, -0.2) is 13.1 Å². The van der Waals surface area contributed by atoms with E-state index in [4.69, 9.17) is 0 Å². The Labute approximate surface area is 130 Å². The summed E-state index contributed by atoms with van der Waals surface area (Å²) in [7, 11) is -3.35. The van der Waals surface area contributed by atoms with Gasteiger partial charge in [-0.1, -0.05) is 12.1 Å². The molecule has 1 saturated heterocycles. The average Bonchev–Trinajstić information content (AvgIpc) is 2.47. The number of nitrogens with zero attached hydrogens (tertiary/aromatic N) is 1. The number of sulfonamides is 1. The number of non-ortho nitro benzene ring substituents is 1. The van der Waals surface area contributed by atoms with Crippen LogP contribution in [0.1, 0.15) is 31.7 Å². The molecule has 1 aliphatic rings. The molecule has 0 saturated carbocycles. The van der Waals surface area contributed by atoms with Gasteiger partial charge in [0.15, 0.2) is 0 Å². The molecule has 1 fully saturated rings. The van der Waals surface area contributed by atoms with E-state index in [0.717, 1.165) is 12.1 Å². The van der Waals surface area contributed by atoms with Crippen molar-refractivity contribution < 1.29 is 13.3 Å². The molecule has 0 radical (unpaired) electrons. The molecule has 2 N–H and O–H groups in total. The maximum absolute atomic E-state index is 12.1. The van der Waals surface area contributed by atoms with Crippen molar-refractivity contribution in [2.45, 2.75) is 37.5 Å². The molecule has 7 nitrogen and oxygen atoms in total. The van der Waals surface area contributed by atoms with Crippen LogP contribution in [0.2, 0.25) is 0 Å². The zero-order valence-corrected chi connectivity index (χ0v) is 13.5. The summed E-state index contributed by atoms with van der Waals surface area (Å²) in [6, 6.07) is 6.12. The minimum atomic E-state index is -3.35. The fourth-order valence-electron chi connectivity index (χ4n) is 2.54. The maximum Gasteiger partial charge on any atom is 0.269 e. The lowest BCUT2D eigenvalue weighted by atomic mass is 9.87. The van der Waals surface area contributed by atoms with Gasteiger partial charge < -0.3 is 5.32 Å². The number of hydrogen-bond donors (Lipinski definition) is 2. The predicted octanol–water partition coefficient (Wildman–Crippen LogP) is 1.37. The highest BCUT2D eigenvalue weighted by molar-refractivity contribution is 7.90. The third-order valence-electron chi connectivity index (χ3n) is 3.95. The van der Waals surface area contributed by atoms with E-state index in [1.165, 1.54) is 12.1 Å². The van der Waals surface area contributed by atoms with Gasteiger partial charge in [0.1, 0.15) is 0 Å². The lowest BCUT2D eigenvalue weighted by Crippen LogP contribution is -2.49. The van der Waals surface area contributed by atoms with E-state index >= 15 is 0 Å². The molecule has 0 amide bonds. The predicted molar refractivity (Wildman–Crippen MR) is 84.3 cm³/mol. The molecule has 0 bridgehead atoms. The number of nitro groups is 1. The monoisotopic (exact) mass is 327 g/mol. The summed E-state index contributed by atoms with van der Waals surface area (Å²) < 4.78 is 27.0. The van der Waals surface area contributed by atoms with E-state index in [2.05, 4.69) is 10.0 Å². The average molecular weight is 327 g/mol. The van der Waals surface area contributed by atoms with Gasteiger partial charge in [-0.3, -0.25) is 10.1 Å². The third kappa shape index (κ3) is 3.82. The van der Waals surface area contributed by atoms with Crippen LogP contribution in [0.15, 0.2) is 24.3 Å². The maximum atomic E-state index is 12.1. The Hall–Kier alpha value is -1.51. The minimum absolute atomic E-state index is 0.0341. The van der Waals surface area contributed by atoms with Gasteiger partial charge in [-0.15, -0.1) is 0 Å². The van der Waals surface area contributed by atoms with Gasteiger partial charge >= 0.3 is 0 Å². The number of hydrogen-bond acceptors (Lipinski definition) is 5. The second-order valence-electron chi connectivity index (χ2n) is 5.77. The summed E-state index contributed by atoms with van der Waals surface area (Å²) in [5, 5.41) is 13.5. The highest BCUT2D eigenvalue weighted by Crippen LogP contribution is 2.26. The first-order valence-corrected chi connectivity index (χ1v) is 8.82. The van der Waals surface area contributed by atoms with Crippen molar-refractivity contribution in [2.75, 3.05) is 13.1 Å². The summed E-state index contributed by atoms with van der Waals surface area (Å²) in [5.41, 5.74) is 0.932. The third-order valence-corrected chi connectivity index (χ3v) is 5.82. The number of rotatable bonds is 5. The smallest absolute Gasteiger partial charge is 0.269 e. The van der Waals surface area contributed by atoms with Crippen molar-refractivity contribution >= 4 is 15.7 Å². The highest BCUT2D eigenvalue weighted by atomic mass is 32.2. The van der Waals surface area contributed by atoms with E-state index in [1.54, 1.807) is 26.0 Å². The summed E-state index contributed by atoms with van der Waals surface area (Å²) in [6.07, 6.45) is 0.688. The standard InChI is InChI=1S/C14H21N3O4S/c1-10(2)22(20,21)16-14-7-8-15-9-13(14)11-3-5-12(6-4-11)17(18)19/h3-6,10,13-16H,7-9H2,1-2H3/t13-,14+/m1/s1. The topological polar surface area (TPSA) is 101 Å². The Morgan fingerprint density at radius 2 is 1.95 bits per heavy atom. The molecular weight excluding hydrogens is 306 g/mol. The second kappa shape index (κ2) is 6.72. The molecule has 0 unspecified atom stereocenters. The van der Waals surface area contributed by atoms with Crippen molar-refractivity contribution in [3.63, 3.8) is 0 Å². The van der Waals surface area contributed by atoms with Gasteiger partial charge in [0, 0.05) is 30.6 Å². The molecule has 0 aromatic heterocycles. The first kappa shape index (κ1) is 16.9. The number of nitro benzene ring substituents is 1. The van der Waals surface area contributed by atoms with Crippen LogP contribution >= 0.6 is 0 Å². The molecule has 2 atom stereocenters. The molecule has 1 aliphatic heterocycles. The van der Waals surface area contributed by atoms with Gasteiger partial charge in [0.2, 0.25) is 10.0 Å². The zero-order valence-electron chi connectivity index (χ0n) is 12.7. The van der Waals surface area contributed by atoms with E-state index in [-0.39, 0.29) is 17.6 Å². The van der Waals surface area contributed by atoms with Crippen molar-refractivity contribution in [3.8, 4) is 0 Å². The largest absolute Gasteiger partial charge is 0.316 e. The molecule has 1 aromatic rings. The summed E-state index contributed by atoms with van der Waals surface area (Å²) in [4.78, 5) is 10.3. The van der Waals surface area contributed by atoms with E-state index in [0.29, 0.717) is 13.0 Å². The fourth-order valence-corrected chi connectivity index (χ4v) is 3.52. The van der Waals surface area contributed by atoms with Crippen LogP contribution in [0.4, 0.5) is 5.69 Å². The Kier molecular flexibility index (Phi) is 5.15. The summed E-state index contributed by atoms with van der Waals surface area (Å²) in [5.74, 6) is -0.0388. The molecule has 0 aliphatic carbocycles. The molecule has 122 valence electrons. The lowest BCUT2D eigenvalue weighted by molar-refractivity contribution is -0.384. The van der Waals surface area contributed by atoms with Crippen molar-refractivity contribution in [1.82, 2.24) is 10.0 Å². The Morgan fingerprint density at radius 1 is 1.32 bits per heavy atom. The van der Waals surface area contributed by atoms with Crippen LogP contribution in [0.3, 0.4) is 0 Å². The lowest BCUT2D eigenvalue weighted by Gasteiger charge is -2.33. The zero-order chi connectivity index (χ0) is 16.3. The molecule has 1 heterocycles. The summed E-state index contributed by atoms with van der Waals surface area (Å²) >= 11 is 0. The van der Waals surface area contributed by atoms with Crippen LogP contribution in [-0.2, 0) is 10.0 Å². The molecule has 2 rings (SSSR count).